The summed E-state index contributed by atoms with van der Waals surface area (Å²) in [4.78, 5) is 13.5. The van der Waals surface area contributed by atoms with Crippen molar-refractivity contribution in [1.29, 1.82) is 0 Å². The van der Waals surface area contributed by atoms with Gasteiger partial charge in [0, 0.05) is 11.5 Å². The first-order chi connectivity index (χ1) is 21.7. The Morgan fingerprint density at radius 1 is 0.978 bits per heavy atom. The van der Waals surface area contributed by atoms with Crippen molar-refractivity contribution in [3.63, 3.8) is 0 Å². The summed E-state index contributed by atoms with van der Waals surface area (Å²) >= 11 is 0. The lowest BCUT2D eigenvalue weighted by atomic mass is 9.85. The van der Waals surface area contributed by atoms with E-state index < -0.39 is 0 Å². The maximum absolute atomic E-state index is 13.5. The standard InChI is InChI=1S/C35H40N8O2/c1-22-11-13-23(14-12-22)43-32(20-30(41-43)35(2,3)4)38-34(44)37-27-16-17-29(26-9-6-5-8-25(26)27)45-24-15-18-31-39-40-33(42(31)21-24)28-10-7-19-36-28/h5-6,8-9,11-15,18,20-21,27-29,36H,7,10,16-17,19H2,1-4H3,(H2,37,38,44)/t27-,28+,29?/m0/s1. The summed E-state index contributed by atoms with van der Waals surface area (Å²) < 4.78 is 10.4. The van der Waals surface area contributed by atoms with Gasteiger partial charge in [0.2, 0.25) is 0 Å². The number of ether oxygens (including phenoxy) is 1. The van der Waals surface area contributed by atoms with Gasteiger partial charge in [-0.25, -0.2) is 9.48 Å². The van der Waals surface area contributed by atoms with E-state index >= 15 is 0 Å². The van der Waals surface area contributed by atoms with E-state index in [-0.39, 0.29) is 29.6 Å². The van der Waals surface area contributed by atoms with E-state index in [2.05, 4.69) is 66.0 Å². The zero-order valence-corrected chi connectivity index (χ0v) is 26.2. The van der Waals surface area contributed by atoms with Crippen LogP contribution in [0.25, 0.3) is 11.3 Å². The Balaban J connectivity index is 1.09. The molecule has 1 unspecified atom stereocenters. The molecule has 2 aromatic carbocycles. The molecule has 10 heteroatoms. The van der Waals surface area contributed by atoms with Crippen molar-refractivity contribution < 1.29 is 9.53 Å². The Labute approximate surface area is 263 Å². The third-order valence-corrected chi connectivity index (χ3v) is 8.79. The first-order valence-electron chi connectivity index (χ1n) is 15.8. The van der Waals surface area contributed by atoms with Crippen LogP contribution >= 0.6 is 0 Å². The molecule has 3 aromatic heterocycles. The molecule has 2 amide bonds. The number of pyridine rings is 1. The Morgan fingerprint density at radius 3 is 2.53 bits per heavy atom. The zero-order chi connectivity index (χ0) is 31.1. The Kier molecular flexibility index (Phi) is 7.53. The molecule has 1 saturated heterocycles. The second kappa shape index (κ2) is 11.7. The van der Waals surface area contributed by atoms with Crippen LogP contribution < -0.4 is 20.7 Å². The first kappa shape index (κ1) is 29.0. The summed E-state index contributed by atoms with van der Waals surface area (Å²) in [6.07, 6.45) is 5.54. The van der Waals surface area contributed by atoms with Crippen molar-refractivity contribution in [1.82, 2.24) is 35.0 Å². The fourth-order valence-corrected chi connectivity index (χ4v) is 6.32. The van der Waals surface area contributed by atoms with E-state index in [0.717, 1.165) is 77.5 Å². The predicted molar refractivity (Wildman–Crippen MR) is 174 cm³/mol. The number of carbonyl (C=O) groups excluding carboxylic acids is 1. The minimum Gasteiger partial charge on any atom is -0.484 e. The maximum atomic E-state index is 13.5. The van der Waals surface area contributed by atoms with E-state index in [0.29, 0.717) is 5.82 Å². The minimum absolute atomic E-state index is 0.137. The summed E-state index contributed by atoms with van der Waals surface area (Å²) in [5.41, 5.74) is 5.74. The number of nitrogens with one attached hydrogen (secondary N) is 3. The molecule has 0 radical (unpaired) electrons. The van der Waals surface area contributed by atoms with Crippen LogP contribution in [-0.4, -0.2) is 37.0 Å². The Morgan fingerprint density at radius 2 is 1.78 bits per heavy atom. The van der Waals surface area contributed by atoms with Crippen LogP contribution in [0.3, 0.4) is 0 Å². The number of fused-ring (bicyclic) bond motifs is 2. The highest BCUT2D eigenvalue weighted by Crippen LogP contribution is 2.39. The van der Waals surface area contributed by atoms with Gasteiger partial charge in [-0.3, -0.25) is 9.72 Å². The number of amides is 2. The van der Waals surface area contributed by atoms with Crippen molar-refractivity contribution in [3.8, 4) is 11.4 Å². The highest BCUT2D eigenvalue weighted by molar-refractivity contribution is 5.89. The van der Waals surface area contributed by atoms with Gasteiger partial charge in [-0.2, -0.15) is 5.10 Å². The van der Waals surface area contributed by atoms with Crippen molar-refractivity contribution in [2.24, 2.45) is 0 Å². The van der Waals surface area contributed by atoms with E-state index in [1.54, 1.807) is 4.68 Å². The van der Waals surface area contributed by atoms with Crippen molar-refractivity contribution in [2.75, 3.05) is 11.9 Å². The highest BCUT2D eigenvalue weighted by Gasteiger charge is 2.30. The van der Waals surface area contributed by atoms with E-state index in [9.17, 15) is 4.79 Å². The molecule has 1 aliphatic heterocycles. The molecule has 5 aromatic rings. The molecule has 0 bridgehead atoms. The lowest BCUT2D eigenvalue weighted by molar-refractivity contribution is 0.171. The first-order valence-corrected chi connectivity index (χ1v) is 15.8. The molecule has 3 N–H and O–H groups in total. The maximum Gasteiger partial charge on any atom is 0.320 e. The van der Waals surface area contributed by atoms with Gasteiger partial charge in [0.1, 0.15) is 17.7 Å². The summed E-state index contributed by atoms with van der Waals surface area (Å²) in [7, 11) is 0. The summed E-state index contributed by atoms with van der Waals surface area (Å²) in [6, 6.07) is 22.0. The van der Waals surface area contributed by atoms with Crippen LogP contribution in [0.2, 0.25) is 0 Å². The second-order valence-electron chi connectivity index (χ2n) is 13.2. The van der Waals surface area contributed by atoms with E-state index in [4.69, 9.17) is 9.84 Å². The number of hydrogen-bond donors (Lipinski definition) is 3. The lowest BCUT2D eigenvalue weighted by Gasteiger charge is -2.32. The van der Waals surface area contributed by atoms with E-state index in [1.165, 1.54) is 0 Å². The van der Waals surface area contributed by atoms with Gasteiger partial charge >= 0.3 is 6.03 Å². The molecule has 0 spiro atoms. The van der Waals surface area contributed by atoms with E-state index in [1.807, 2.05) is 65.2 Å². The van der Waals surface area contributed by atoms with Gasteiger partial charge in [-0.1, -0.05) is 62.7 Å². The molecule has 1 aliphatic carbocycles. The van der Waals surface area contributed by atoms with Crippen LogP contribution in [0.15, 0.2) is 72.9 Å². The van der Waals surface area contributed by atoms with Crippen LogP contribution in [0.5, 0.6) is 5.75 Å². The molecule has 232 valence electrons. The van der Waals surface area contributed by atoms with Gasteiger partial charge in [0.15, 0.2) is 11.5 Å². The summed E-state index contributed by atoms with van der Waals surface area (Å²) in [6.45, 7) is 9.40. The highest BCUT2D eigenvalue weighted by atomic mass is 16.5. The summed E-state index contributed by atoms with van der Waals surface area (Å²) in [5.74, 6) is 2.32. The smallest absolute Gasteiger partial charge is 0.320 e. The third-order valence-electron chi connectivity index (χ3n) is 8.79. The lowest BCUT2D eigenvalue weighted by Crippen LogP contribution is -2.36. The quantitative estimate of drug-likeness (QED) is 0.198. The fraction of sp³-hybridized carbons (Fsp3) is 0.371. The Bertz CT molecular complexity index is 1830. The average Bonchev–Trinajstić information content (AvgIpc) is 3.79. The monoisotopic (exact) mass is 604 g/mol. The number of nitrogens with zero attached hydrogens (tertiary/aromatic N) is 5. The number of benzene rings is 2. The van der Waals surface area contributed by atoms with Gasteiger partial charge in [0.05, 0.1) is 29.7 Å². The normalized spacial score (nSPS) is 19.8. The number of carbonyl (C=O) groups is 1. The average molecular weight is 605 g/mol. The van der Waals surface area contributed by atoms with Gasteiger partial charge in [-0.15, -0.1) is 10.2 Å². The fourth-order valence-electron chi connectivity index (χ4n) is 6.32. The number of aromatic nitrogens is 5. The predicted octanol–water partition coefficient (Wildman–Crippen LogP) is 6.72. The van der Waals surface area contributed by atoms with Gasteiger partial charge < -0.3 is 15.4 Å². The minimum atomic E-state index is -0.269. The molecule has 7 rings (SSSR count). The molecule has 10 nitrogen and oxygen atoms in total. The molecule has 3 atom stereocenters. The van der Waals surface area contributed by atoms with Crippen LogP contribution in [0.1, 0.15) is 92.9 Å². The Hall–Kier alpha value is -4.70. The third kappa shape index (κ3) is 5.90. The van der Waals surface area contributed by atoms with Crippen LogP contribution in [0, 0.1) is 6.92 Å². The largest absolute Gasteiger partial charge is 0.484 e. The molecular weight excluding hydrogens is 564 g/mol. The molecule has 4 heterocycles. The number of anilines is 1. The van der Waals surface area contributed by atoms with Gasteiger partial charge in [0.25, 0.3) is 0 Å². The SMILES string of the molecule is Cc1ccc(-n2nc(C(C)(C)C)cc2NC(=O)N[C@H]2CCC(Oc3ccc4nnc([C@H]5CCCN5)n4c3)c3ccccc32)cc1. The topological polar surface area (TPSA) is 110 Å². The second-order valence-corrected chi connectivity index (χ2v) is 13.2. The van der Waals surface area contributed by atoms with Crippen molar-refractivity contribution in [3.05, 3.63) is 101 Å². The van der Waals surface area contributed by atoms with Gasteiger partial charge in [-0.05, 0) is 74.5 Å². The molecule has 1 fully saturated rings. The van der Waals surface area contributed by atoms with Crippen LogP contribution in [0.4, 0.5) is 10.6 Å². The number of rotatable bonds is 6. The summed E-state index contributed by atoms with van der Waals surface area (Å²) in [5, 5.41) is 23.5. The van der Waals surface area contributed by atoms with Crippen LogP contribution in [-0.2, 0) is 5.41 Å². The molecular formula is C35H40N8O2. The molecule has 0 saturated carbocycles. The number of urea groups is 1. The number of hydrogen-bond acceptors (Lipinski definition) is 6. The van der Waals surface area contributed by atoms with Crippen molar-refractivity contribution >= 4 is 17.5 Å². The van der Waals surface area contributed by atoms with Crippen molar-refractivity contribution in [2.45, 2.75) is 77.0 Å². The zero-order valence-electron chi connectivity index (χ0n) is 26.2. The number of aryl methyl sites for hydroxylation is 1. The molecule has 2 aliphatic rings. The molecule has 45 heavy (non-hydrogen) atoms.